The monoisotopic (exact) mass is 344 g/mol. The van der Waals surface area contributed by atoms with Crippen LogP contribution in [-0.4, -0.2) is 58.9 Å². The maximum Gasteiger partial charge on any atom is 0.319 e. The number of carboxylic acid groups (broad SMARTS) is 1. The van der Waals surface area contributed by atoms with E-state index in [1.54, 1.807) is 9.80 Å². The van der Waals surface area contributed by atoms with Gasteiger partial charge in [-0.1, -0.05) is 30.3 Å². The third-order valence-electron chi connectivity index (χ3n) is 5.19. The van der Waals surface area contributed by atoms with Gasteiger partial charge in [0, 0.05) is 32.6 Å². The quantitative estimate of drug-likeness (QED) is 0.794. The lowest BCUT2D eigenvalue weighted by Crippen LogP contribution is -2.53. The molecule has 1 N–H and O–H groups in total. The summed E-state index contributed by atoms with van der Waals surface area (Å²) in [6.07, 6.45) is 3.05. The molecule has 2 amide bonds. The van der Waals surface area contributed by atoms with Crippen LogP contribution in [-0.2, 0) is 20.8 Å². The Bertz CT molecular complexity index is 647. The fraction of sp³-hybridized carbons (Fsp3) is 0.526. The van der Waals surface area contributed by atoms with Crippen LogP contribution in [0.2, 0.25) is 0 Å². The first-order valence-electron chi connectivity index (χ1n) is 8.87. The van der Waals surface area contributed by atoms with Gasteiger partial charge in [-0.05, 0) is 31.2 Å². The van der Waals surface area contributed by atoms with Crippen LogP contribution in [0.5, 0.6) is 0 Å². The largest absolute Gasteiger partial charge is 0.480 e. The van der Waals surface area contributed by atoms with E-state index in [4.69, 9.17) is 0 Å². The van der Waals surface area contributed by atoms with Crippen LogP contribution in [0.25, 0.3) is 0 Å². The zero-order valence-corrected chi connectivity index (χ0v) is 14.3. The van der Waals surface area contributed by atoms with Crippen molar-refractivity contribution < 1.29 is 19.5 Å². The predicted molar refractivity (Wildman–Crippen MR) is 91.8 cm³/mol. The van der Waals surface area contributed by atoms with Gasteiger partial charge in [0.2, 0.25) is 11.8 Å². The molecule has 6 nitrogen and oxygen atoms in total. The van der Waals surface area contributed by atoms with E-state index in [-0.39, 0.29) is 11.8 Å². The zero-order chi connectivity index (χ0) is 17.9. The van der Waals surface area contributed by atoms with Gasteiger partial charge < -0.3 is 14.9 Å². The summed E-state index contributed by atoms with van der Waals surface area (Å²) in [5.41, 5.74) is 0.0520. The van der Waals surface area contributed by atoms with E-state index in [0.29, 0.717) is 45.4 Å². The maximum absolute atomic E-state index is 12.4. The highest BCUT2D eigenvalue weighted by Gasteiger charge is 2.58. The number of benzene rings is 1. The Hall–Kier alpha value is -2.37. The normalized spacial score (nSPS) is 18.7. The topological polar surface area (TPSA) is 77.9 Å². The number of carbonyl (C=O) groups excluding carboxylic acids is 2. The predicted octanol–water partition coefficient (Wildman–Crippen LogP) is 1.54. The van der Waals surface area contributed by atoms with Crippen molar-refractivity contribution in [1.82, 2.24) is 9.80 Å². The van der Waals surface area contributed by atoms with Gasteiger partial charge >= 0.3 is 5.97 Å². The van der Waals surface area contributed by atoms with Crippen molar-refractivity contribution in [2.24, 2.45) is 5.41 Å². The summed E-state index contributed by atoms with van der Waals surface area (Å²) in [6, 6.07) is 10.1. The molecule has 0 radical (unpaired) electrons. The van der Waals surface area contributed by atoms with E-state index in [9.17, 15) is 19.5 Å². The van der Waals surface area contributed by atoms with Crippen LogP contribution in [0.4, 0.5) is 0 Å². The highest BCUT2D eigenvalue weighted by molar-refractivity contribution is 6.04. The Morgan fingerprint density at radius 3 is 2.12 bits per heavy atom. The van der Waals surface area contributed by atoms with Crippen LogP contribution in [0.3, 0.4) is 0 Å². The van der Waals surface area contributed by atoms with Crippen LogP contribution in [0.15, 0.2) is 30.3 Å². The van der Waals surface area contributed by atoms with Gasteiger partial charge in [0.25, 0.3) is 0 Å². The van der Waals surface area contributed by atoms with E-state index in [1.165, 1.54) is 5.56 Å². The molecule has 2 aliphatic rings. The molecule has 25 heavy (non-hydrogen) atoms. The molecule has 3 rings (SSSR count). The number of piperazine rings is 1. The average molecular weight is 344 g/mol. The Morgan fingerprint density at radius 2 is 1.56 bits per heavy atom. The number of carbonyl (C=O) groups is 3. The second-order valence-corrected chi connectivity index (χ2v) is 6.90. The second kappa shape index (κ2) is 7.25. The van der Waals surface area contributed by atoms with Gasteiger partial charge in [0.1, 0.15) is 5.41 Å². The summed E-state index contributed by atoms with van der Waals surface area (Å²) in [6.45, 7) is 1.84. The van der Waals surface area contributed by atoms with Gasteiger partial charge in [-0.15, -0.1) is 0 Å². The summed E-state index contributed by atoms with van der Waals surface area (Å²) in [7, 11) is 0. The van der Waals surface area contributed by atoms with E-state index in [0.717, 1.165) is 12.8 Å². The molecular formula is C19H24N2O4. The molecule has 2 fully saturated rings. The molecule has 1 saturated heterocycles. The molecular weight excluding hydrogens is 320 g/mol. The maximum atomic E-state index is 12.4. The molecule has 1 aliphatic heterocycles. The minimum absolute atomic E-state index is 0.113. The van der Waals surface area contributed by atoms with Gasteiger partial charge in [-0.25, -0.2) is 0 Å². The van der Waals surface area contributed by atoms with Crippen molar-refractivity contribution in [3.8, 4) is 0 Å². The Balaban J connectivity index is 1.42. The Kier molecular flexibility index (Phi) is 5.06. The van der Waals surface area contributed by atoms with Gasteiger partial charge in [0.15, 0.2) is 0 Å². The molecule has 0 bridgehead atoms. The summed E-state index contributed by atoms with van der Waals surface area (Å²) < 4.78 is 0. The average Bonchev–Trinajstić information content (AvgIpc) is 3.44. The number of amides is 2. The summed E-state index contributed by atoms with van der Waals surface area (Å²) in [4.78, 5) is 39.3. The van der Waals surface area contributed by atoms with Crippen LogP contribution >= 0.6 is 0 Å². The van der Waals surface area contributed by atoms with Crippen LogP contribution in [0.1, 0.15) is 31.2 Å². The van der Waals surface area contributed by atoms with E-state index >= 15 is 0 Å². The molecule has 6 heteroatoms. The molecule has 0 aromatic heterocycles. The van der Waals surface area contributed by atoms with E-state index < -0.39 is 11.4 Å². The molecule has 1 aromatic rings. The first kappa shape index (κ1) is 17.5. The first-order valence-corrected chi connectivity index (χ1v) is 8.87. The second-order valence-electron chi connectivity index (χ2n) is 6.90. The molecule has 1 aliphatic carbocycles. The number of rotatable bonds is 6. The van der Waals surface area contributed by atoms with Crippen molar-refractivity contribution in [3.05, 3.63) is 35.9 Å². The third kappa shape index (κ3) is 3.83. The standard InChI is InChI=1S/C19H24N2O4/c22-16(8-4-7-15-5-2-1-3-6-15)20-11-13-21(14-12-20)17(23)19(9-10-19)18(24)25/h1-3,5-6H,4,7-14H2,(H,24,25). The van der Waals surface area contributed by atoms with Gasteiger partial charge in [0.05, 0.1) is 0 Å². The molecule has 1 saturated carbocycles. The summed E-state index contributed by atoms with van der Waals surface area (Å²) in [5.74, 6) is -1.18. The van der Waals surface area contributed by atoms with Crippen molar-refractivity contribution in [1.29, 1.82) is 0 Å². The van der Waals surface area contributed by atoms with Crippen molar-refractivity contribution >= 4 is 17.8 Å². The number of nitrogens with zero attached hydrogens (tertiary/aromatic N) is 2. The fourth-order valence-electron chi connectivity index (χ4n) is 3.35. The smallest absolute Gasteiger partial charge is 0.319 e. The highest BCUT2D eigenvalue weighted by Crippen LogP contribution is 2.47. The van der Waals surface area contributed by atoms with Gasteiger partial charge in [-0.2, -0.15) is 0 Å². The molecule has 134 valence electrons. The molecule has 0 spiro atoms. The summed E-state index contributed by atoms with van der Waals surface area (Å²) >= 11 is 0. The molecule has 1 heterocycles. The Morgan fingerprint density at radius 1 is 0.960 bits per heavy atom. The molecule has 1 aromatic carbocycles. The highest BCUT2D eigenvalue weighted by atomic mass is 16.4. The van der Waals surface area contributed by atoms with E-state index in [1.807, 2.05) is 18.2 Å². The van der Waals surface area contributed by atoms with Crippen LogP contribution in [0, 0.1) is 5.41 Å². The molecule has 0 unspecified atom stereocenters. The minimum atomic E-state index is -1.18. The summed E-state index contributed by atoms with van der Waals surface area (Å²) in [5, 5.41) is 9.22. The number of aryl methyl sites for hydroxylation is 1. The van der Waals surface area contributed by atoms with Gasteiger partial charge in [-0.3, -0.25) is 14.4 Å². The Labute approximate surface area is 147 Å². The lowest BCUT2D eigenvalue weighted by atomic mass is 10.1. The van der Waals surface area contributed by atoms with Crippen molar-refractivity contribution in [2.75, 3.05) is 26.2 Å². The van der Waals surface area contributed by atoms with Crippen molar-refractivity contribution in [2.45, 2.75) is 32.1 Å². The zero-order valence-electron chi connectivity index (χ0n) is 14.3. The molecule has 0 atom stereocenters. The minimum Gasteiger partial charge on any atom is -0.480 e. The SMILES string of the molecule is O=C(CCCc1ccccc1)N1CCN(C(=O)C2(C(=O)O)CC2)CC1. The van der Waals surface area contributed by atoms with Crippen LogP contribution < -0.4 is 0 Å². The lowest BCUT2D eigenvalue weighted by Gasteiger charge is -2.36. The number of hydrogen-bond acceptors (Lipinski definition) is 3. The lowest BCUT2D eigenvalue weighted by molar-refractivity contribution is -0.155. The van der Waals surface area contributed by atoms with E-state index in [2.05, 4.69) is 12.1 Å². The fourth-order valence-corrected chi connectivity index (χ4v) is 3.35. The number of aliphatic carboxylic acids is 1. The number of hydrogen-bond donors (Lipinski definition) is 1. The number of carboxylic acids is 1. The third-order valence-corrected chi connectivity index (χ3v) is 5.19. The van der Waals surface area contributed by atoms with Crippen molar-refractivity contribution in [3.63, 3.8) is 0 Å². The first-order chi connectivity index (χ1) is 12.0.